The van der Waals surface area contributed by atoms with Gasteiger partial charge in [0.2, 0.25) is 5.91 Å². The van der Waals surface area contributed by atoms with E-state index in [9.17, 15) is 49.9 Å². The molecule has 0 saturated carbocycles. The fourth-order valence-electron chi connectivity index (χ4n) is 10.6. The quantitative estimate of drug-likeness (QED) is 0.122. The molecule has 1 aliphatic carbocycles. The van der Waals surface area contributed by atoms with Crippen LogP contribution in [-0.4, -0.2) is 128 Å². The van der Waals surface area contributed by atoms with Crippen LogP contribution in [0, 0.1) is 5.82 Å². The predicted octanol–water partition coefficient (Wildman–Crippen LogP) is 9.47. The highest BCUT2D eigenvalue weighted by molar-refractivity contribution is 5.97. The summed E-state index contributed by atoms with van der Waals surface area (Å²) in [5.41, 5.74) is -1.36. The van der Waals surface area contributed by atoms with E-state index in [0.717, 1.165) is 27.3 Å². The minimum atomic E-state index is -5.14. The van der Waals surface area contributed by atoms with Gasteiger partial charge in [-0.15, -0.1) is 0 Å². The second-order valence-corrected chi connectivity index (χ2v) is 20.6. The molecule has 4 amide bonds. The van der Waals surface area contributed by atoms with Gasteiger partial charge < -0.3 is 33.8 Å². The van der Waals surface area contributed by atoms with E-state index in [4.69, 9.17) is 14.2 Å². The van der Waals surface area contributed by atoms with Crippen molar-refractivity contribution in [2.75, 3.05) is 78.1 Å². The van der Waals surface area contributed by atoms with Gasteiger partial charge in [0.15, 0.2) is 0 Å². The third-order valence-electron chi connectivity index (χ3n) is 14.6. The van der Waals surface area contributed by atoms with Gasteiger partial charge in [-0.05, 0) is 143 Å². The smallest absolute Gasteiger partial charge is 0.416 e. The van der Waals surface area contributed by atoms with Crippen LogP contribution in [0.5, 0.6) is 0 Å². The number of benzene rings is 4. The van der Waals surface area contributed by atoms with Crippen molar-refractivity contribution < 1.29 is 64.1 Å². The average molecular weight is 1020 g/mol. The molecule has 2 fully saturated rings. The lowest BCUT2D eigenvalue weighted by atomic mass is 9.72. The summed E-state index contributed by atoms with van der Waals surface area (Å²) in [6.45, 7) is 7.56. The maximum atomic E-state index is 14.2. The molecular weight excluding hydrogens is 964 g/mol. The summed E-state index contributed by atoms with van der Waals surface area (Å²) in [4.78, 5) is 61.5. The lowest BCUT2D eigenvalue weighted by Gasteiger charge is -2.44. The van der Waals surface area contributed by atoms with E-state index in [2.05, 4.69) is 17.0 Å². The Labute approximate surface area is 419 Å². The Morgan fingerprint density at radius 2 is 1.44 bits per heavy atom. The van der Waals surface area contributed by atoms with E-state index < -0.39 is 70.2 Å². The summed E-state index contributed by atoms with van der Waals surface area (Å²) in [5, 5.41) is 0. The summed E-state index contributed by atoms with van der Waals surface area (Å²) in [5.74, 6) is -1.97. The summed E-state index contributed by atoms with van der Waals surface area (Å²) < 4.78 is 115. The maximum absolute atomic E-state index is 14.2. The number of amides is 4. The van der Waals surface area contributed by atoms with E-state index in [0.29, 0.717) is 94.6 Å². The summed E-state index contributed by atoms with van der Waals surface area (Å²) >= 11 is 0. The molecule has 2 saturated heterocycles. The first kappa shape index (κ1) is 53.2. The van der Waals surface area contributed by atoms with Gasteiger partial charge in [0.05, 0.1) is 29.5 Å². The van der Waals surface area contributed by atoms with E-state index in [1.165, 1.54) is 24.3 Å². The number of rotatable bonds is 13. The van der Waals surface area contributed by atoms with Gasteiger partial charge in [0.25, 0.3) is 11.8 Å². The number of likely N-dealkylation sites (tertiary alicyclic amines) is 1. The second kappa shape index (κ2) is 20.7. The van der Waals surface area contributed by atoms with Gasteiger partial charge in [-0.3, -0.25) is 19.3 Å². The molecular formula is C54H60F7N5O7. The van der Waals surface area contributed by atoms with Crippen molar-refractivity contribution in [1.82, 2.24) is 19.6 Å². The van der Waals surface area contributed by atoms with Crippen molar-refractivity contribution in [2.24, 2.45) is 0 Å². The number of hydrogen-bond donors (Lipinski definition) is 0. The monoisotopic (exact) mass is 1020 g/mol. The molecule has 0 unspecified atom stereocenters. The van der Waals surface area contributed by atoms with E-state index in [1.54, 1.807) is 40.9 Å². The molecule has 2 atom stereocenters. The number of nitrogens with zero attached hydrogens (tertiary/aromatic N) is 5. The molecule has 0 aromatic heterocycles. The Morgan fingerprint density at radius 3 is 2.10 bits per heavy atom. The highest BCUT2D eigenvalue weighted by Gasteiger charge is 2.50. The van der Waals surface area contributed by atoms with Crippen LogP contribution in [0.15, 0.2) is 84.9 Å². The molecule has 1 spiro atoms. The second-order valence-electron chi connectivity index (χ2n) is 20.6. The Bertz CT molecular complexity index is 2670. The van der Waals surface area contributed by atoms with Crippen molar-refractivity contribution in [3.8, 4) is 0 Å². The Hall–Kier alpha value is -6.05. The number of fused-ring (bicyclic) bond motifs is 3. The number of carbonyl (C=O) groups is 4. The van der Waals surface area contributed by atoms with Crippen molar-refractivity contribution in [2.45, 2.75) is 94.4 Å². The van der Waals surface area contributed by atoms with Crippen LogP contribution in [0.1, 0.15) is 101 Å². The summed E-state index contributed by atoms with van der Waals surface area (Å²) in [6.07, 6.45) is -7.65. The van der Waals surface area contributed by atoms with Crippen molar-refractivity contribution >= 4 is 29.5 Å². The molecule has 4 aliphatic rings. The molecule has 12 nitrogen and oxygen atoms in total. The highest BCUT2D eigenvalue weighted by Crippen LogP contribution is 2.48. The zero-order chi connectivity index (χ0) is 52.7. The van der Waals surface area contributed by atoms with Crippen LogP contribution >= 0.6 is 0 Å². The Morgan fingerprint density at radius 1 is 0.781 bits per heavy atom. The maximum Gasteiger partial charge on any atom is 0.416 e. The van der Waals surface area contributed by atoms with E-state index in [1.807, 2.05) is 39.0 Å². The first-order chi connectivity index (χ1) is 34.4. The standard InChI is InChI=1S/C54H60F7N5O7/c1-50(2,3)73-49(70)66-23-17-36-27-37(11-16-44(36)66)47(68)63(5)22-8-21-62(4)46(67)32-71-45-30-35-9-6-7-10-43(35)51(45)18-24-64(25-19-51)26-20-52(39-12-14-42(55)15-13-39)33-65(34-72-52)48(69)38-28-40(53(56,57)58)31-41(29-38)54(59,60)61/h6-7,9-16,27-29,31,45H,8,17-26,30,32-34H2,1-5H3/t45-,52-/m0/s1. The highest BCUT2D eigenvalue weighted by atomic mass is 19.4. The summed E-state index contributed by atoms with van der Waals surface area (Å²) in [6, 6.07) is 19.7. The van der Waals surface area contributed by atoms with Crippen LogP contribution < -0.4 is 4.90 Å². The fourth-order valence-corrected chi connectivity index (χ4v) is 10.6. The molecule has 3 aliphatic heterocycles. The van der Waals surface area contributed by atoms with Gasteiger partial charge in [0.1, 0.15) is 30.4 Å². The number of hydrogen-bond acceptors (Lipinski definition) is 8. The molecule has 8 rings (SSSR count). The van der Waals surface area contributed by atoms with Gasteiger partial charge in [-0.2, -0.15) is 26.3 Å². The molecule has 3 heterocycles. The SMILES string of the molecule is CN(CCCN(C)C(=O)c1ccc2c(c1)CCN2C(=O)OC(C)(C)C)C(=O)CO[C@H]1Cc2ccccc2C12CCN(CC[C@@]1(c3ccc(F)cc3)CN(C(=O)c3cc(C(F)(F)F)cc(C(F)(F)F)c3)CO1)CC2. The molecule has 4 aromatic rings. The van der Waals surface area contributed by atoms with E-state index >= 15 is 0 Å². The number of ether oxygens (including phenoxy) is 3. The number of carbonyl (C=O) groups excluding carboxylic acids is 4. The number of likely N-dealkylation sites (N-methyl/N-ethyl adjacent to an activating group) is 1. The van der Waals surface area contributed by atoms with E-state index in [-0.39, 0.29) is 43.6 Å². The van der Waals surface area contributed by atoms with Gasteiger partial charge in [-0.25, -0.2) is 9.18 Å². The average Bonchev–Trinajstić information content (AvgIpc) is 4.06. The number of anilines is 1. The summed E-state index contributed by atoms with van der Waals surface area (Å²) in [7, 11) is 3.42. The molecule has 0 bridgehead atoms. The minimum absolute atomic E-state index is 0.0302. The van der Waals surface area contributed by atoms with Gasteiger partial charge >= 0.3 is 18.4 Å². The third kappa shape index (κ3) is 11.7. The first-order valence-corrected chi connectivity index (χ1v) is 24.4. The molecule has 0 N–H and O–H groups in total. The number of halogens is 7. The van der Waals surface area contributed by atoms with Gasteiger partial charge in [-0.1, -0.05) is 36.4 Å². The van der Waals surface area contributed by atoms with Crippen LogP contribution in [-0.2, 0) is 55.2 Å². The first-order valence-electron chi connectivity index (χ1n) is 24.4. The molecule has 0 radical (unpaired) electrons. The fraction of sp³-hybridized carbons (Fsp3) is 0.481. The Balaban J connectivity index is 0.860. The minimum Gasteiger partial charge on any atom is -0.443 e. The van der Waals surface area contributed by atoms with Crippen LogP contribution in [0.3, 0.4) is 0 Å². The number of alkyl halides is 6. The topological polar surface area (TPSA) is 112 Å². The third-order valence-corrected chi connectivity index (χ3v) is 14.6. The van der Waals surface area contributed by atoms with Crippen LogP contribution in [0.4, 0.5) is 41.2 Å². The molecule has 4 aromatic carbocycles. The van der Waals surface area contributed by atoms with Crippen LogP contribution in [0.25, 0.3) is 0 Å². The van der Waals surface area contributed by atoms with Crippen LogP contribution in [0.2, 0.25) is 0 Å². The van der Waals surface area contributed by atoms with Crippen molar-refractivity contribution in [3.05, 3.63) is 135 Å². The predicted molar refractivity (Wildman–Crippen MR) is 256 cm³/mol. The number of piperidine rings is 1. The van der Waals surface area contributed by atoms with Crippen molar-refractivity contribution in [3.63, 3.8) is 0 Å². The largest absolute Gasteiger partial charge is 0.443 e. The normalized spacial score (nSPS) is 19.8. The lowest BCUT2D eigenvalue weighted by Crippen LogP contribution is -2.50. The lowest BCUT2D eigenvalue weighted by molar-refractivity contribution is -0.143. The van der Waals surface area contributed by atoms with Crippen molar-refractivity contribution in [1.29, 1.82) is 0 Å². The molecule has 73 heavy (non-hydrogen) atoms. The zero-order valence-electron chi connectivity index (χ0n) is 41.5. The van der Waals surface area contributed by atoms with Gasteiger partial charge in [0, 0.05) is 56.8 Å². The molecule has 19 heteroatoms. The molecule has 392 valence electrons. The zero-order valence-corrected chi connectivity index (χ0v) is 41.5. The Kier molecular flexibility index (Phi) is 15.1.